The van der Waals surface area contributed by atoms with E-state index in [1.165, 1.54) is 6.07 Å². The average Bonchev–Trinajstić information content (AvgIpc) is 2.87. The molecule has 0 spiro atoms. The maximum Gasteiger partial charge on any atom is 0.498 e. The van der Waals surface area contributed by atoms with Crippen molar-refractivity contribution in [2.24, 2.45) is 0 Å². The van der Waals surface area contributed by atoms with Gasteiger partial charge >= 0.3 is 7.12 Å². The van der Waals surface area contributed by atoms with Gasteiger partial charge in [-0.05, 0) is 59.2 Å². The largest absolute Gasteiger partial charge is 0.498 e. The van der Waals surface area contributed by atoms with E-state index in [0.29, 0.717) is 6.54 Å². The lowest BCUT2D eigenvalue weighted by Gasteiger charge is -2.32. The van der Waals surface area contributed by atoms with Crippen molar-refractivity contribution >= 4 is 24.2 Å². The van der Waals surface area contributed by atoms with Gasteiger partial charge in [0.2, 0.25) is 0 Å². The molecule has 7 heteroatoms. The first-order valence-electron chi connectivity index (χ1n) is 8.35. The molecule has 0 atom stereocenters. The number of hydrogen-bond donors (Lipinski definition) is 0. The first-order chi connectivity index (χ1) is 11.5. The fourth-order valence-corrected chi connectivity index (χ4v) is 3.18. The van der Waals surface area contributed by atoms with Crippen LogP contribution in [0.25, 0.3) is 0 Å². The summed E-state index contributed by atoms with van der Waals surface area (Å²) < 4.78 is 27.5. The second kappa shape index (κ2) is 6.11. The second-order valence-corrected chi connectivity index (χ2v) is 7.99. The summed E-state index contributed by atoms with van der Waals surface area (Å²) in [5, 5.41) is 4.73. The van der Waals surface area contributed by atoms with Gasteiger partial charge in [0.25, 0.3) is 0 Å². The molecule has 1 aliphatic heterocycles. The third-order valence-electron chi connectivity index (χ3n) is 5.24. The van der Waals surface area contributed by atoms with Gasteiger partial charge in [-0.1, -0.05) is 17.7 Å². The van der Waals surface area contributed by atoms with Crippen LogP contribution in [0.1, 0.15) is 44.6 Å². The van der Waals surface area contributed by atoms with E-state index in [1.807, 2.05) is 46.2 Å². The van der Waals surface area contributed by atoms with Gasteiger partial charge in [-0.3, -0.25) is 4.68 Å². The third kappa shape index (κ3) is 3.23. The highest BCUT2D eigenvalue weighted by atomic mass is 35.5. The van der Waals surface area contributed by atoms with E-state index in [0.717, 1.165) is 22.4 Å². The summed E-state index contributed by atoms with van der Waals surface area (Å²) >= 11 is 5.88. The van der Waals surface area contributed by atoms with Crippen molar-refractivity contribution in [3.63, 3.8) is 0 Å². The number of halogens is 2. The van der Waals surface area contributed by atoms with Gasteiger partial charge in [0, 0.05) is 11.2 Å². The predicted octanol–water partition coefficient (Wildman–Crippen LogP) is 3.64. The number of rotatable bonds is 3. The average molecular weight is 365 g/mol. The Hall–Kier alpha value is -1.37. The number of aryl methyl sites for hydroxylation is 1. The summed E-state index contributed by atoms with van der Waals surface area (Å²) in [6.07, 6.45) is 0. The summed E-state index contributed by atoms with van der Waals surface area (Å²) in [5.41, 5.74) is 2.87. The highest BCUT2D eigenvalue weighted by Gasteiger charge is 2.53. The molecule has 0 saturated carbocycles. The van der Waals surface area contributed by atoms with Crippen molar-refractivity contribution in [2.45, 2.75) is 59.3 Å². The minimum atomic E-state index is -0.449. The number of hydrogen-bond acceptors (Lipinski definition) is 3. The van der Waals surface area contributed by atoms with Crippen LogP contribution in [-0.4, -0.2) is 28.1 Å². The second-order valence-electron chi connectivity index (χ2n) is 7.58. The Balaban J connectivity index is 1.90. The van der Waals surface area contributed by atoms with Gasteiger partial charge in [0.15, 0.2) is 0 Å². The van der Waals surface area contributed by atoms with Crippen molar-refractivity contribution in [1.82, 2.24) is 9.78 Å². The van der Waals surface area contributed by atoms with Gasteiger partial charge in [-0.25, -0.2) is 4.39 Å². The summed E-state index contributed by atoms with van der Waals surface area (Å²) in [6.45, 7) is 12.6. The lowest BCUT2D eigenvalue weighted by molar-refractivity contribution is 0.00578. The summed E-state index contributed by atoms with van der Waals surface area (Å²) in [4.78, 5) is 0. The maximum atomic E-state index is 13.3. The molecule has 1 saturated heterocycles. The minimum absolute atomic E-state index is 0.116. The Morgan fingerprint density at radius 1 is 1.16 bits per heavy atom. The first kappa shape index (κ1) is 18.4. The van der Waals surface area contributed by atoms with Crippen LogP contribution in [0.15, 0.2) is 18.2 Å². The van der Waals surface area contributed by atoms with Crippen LogP contribution in [-0.2, 0) is 15.9 Å². The molecule has 0 amide bonds. The molecule has 1 aliphatic rings. The van der Waals surface area contributed by atoms with Crippen LogP contribution in [0.5, 0.6) is 0 Å². The molecule has 134 valence electrons. The van der Waals surface area contributed by atoms with Crippen LogP contribution in [0.3, 0.4) is 0 Å². The van der Waals surface area contributed by atoms with Gasteiger partial charge in [0.1, 0.15) is 5.82 Å². The normalized spacial score (nSPS) is 18.8. The standard InChI is InChI=1S/C18H23BClFN2O2/c1-11-16(19-24-17(3,4)18(5,6)25-19)12(2)23(22-11)10-13-7-8-15(21)14(20)9-13/h7-9H,10H2,1-6H3. The topological polar surface area (TPSA) is 36.3 Å². The smallest absolute Gasteiger partial charge is 0.399 e. The fraction of sp³-hybridized carbons (Fsp3) is 0.500. The molecule has 3 rings (SSSR count). The van der Waals surface area contributed by atoms with E-state index in [-0.39, 0.29) is 5.02 Å². The number of aromatic nitrogens is 2. The van der Waals surface area contributed by atoms with Gasteiger partial charge in [0.05, 0.1) is 28.5 Å². The Morgan fingerprint density at radius 2 is 1.76 bits per heavy atom. The molecule has 0 N–H and O–H groups in total. The molecule has 2 heterocycles. The van der Waals surface area contributed by atoms with Crippen LogP contribution >= 0.6 is 11.6 Å². The van der Waals surface area contributed by atoms with E-state index < -0.39 is 24.1 Å². The van der Waals surface area contributed by atoms with E-state index in [1.54, 1.807) is 12.1 Å². The highest BCUT2D eigenvalue weighted by molar-refractivity contribution is 6.63. The summed E-state index contributed by atoms with van der Waals surface area (Å²) in [5.74, 6) is -0.420. The van der Waals surface area contributed by atoms with Crippen molar-refractivity contribution in [3.05, 3.63) is 46.0 Å². The molecule has 4 nitrogen and oxygen atoms in total. The minimum Gasteiger partial charge on any atom is -0.399 e. The molecule has 0 radical (unpaired) electrons. The molecular weight excluding hydrogens is 341 g/mol. The SMILES string of the molecule is Cc1nn(Cc2ccc(F)c(Cl)c2)c(C)c1B1OC(C)(C)C(C)(C)O1. The summed E-state index contributed by atoms with van der Waals surface area (Å²) in [7, 11) is -0.449. The third-order valence-corrected chi connectivity index (χ3v) is 5.53. The van der Waals surface area contributed by atoms with Crippen LogP contribution in [0.2, 0.25) is 5.02 Å². The molecular formula is C18H23BClFN2O2. The zero-order valence-electron chi connectivity index (χ0n) is 15.5. The fourth-order valence-electron chi connectivity index (χ4n) is 2.98. The Bertz CT molecular complexity index is 804. The molecule has 0 aliphatic carbocycles. The molecule has 25 heavy (non-hydrogen) atoms. The molecule has 2 aromatic rings. The van der Waals surface area contributed by atoms with E-state index in [9.17, 15) is 4.39 Å². The zero-order valence-corrected chi connectivity index (χ0v) is 16.2. The van der Waals surface area contributed by atoms with Crippen LogP contribution in [0.4, 0.5) is 4.39 Å². The van der Waals surface area contributed by atoms with Crippen molar-refractivity contribution in [3.8, 4) is 0 Å². The van der Waals surface area contributed by atoms with Crippen LogP contribution < -0.4 is 5.46 Å². The molecule has 1 aromatic heterocycles. The zero-order chi connectivity index (χ0) is 18.6. The first-order valence-corrected chi connectivity index (χ1v) is 8.73. The number of benzene rings is 1. The van der Waals surface area contributed by atoms with Crippen LogP contribution in [0, 0.1) is 19.7 Å². The lowest BCUT2D eigenvalue weighted by Crippen LogP contribution is -2.41. The van der Waals surface area contributed by atoms with E-state index in [2.05, 4.69) is 5.10 Å². The van der Waals surface area contributed by atoms with Crippen molar-refractivity contribution in [1.29, 1.82) is 0 Å². The molecule has 1 fully saturated rings. The monoisotopic (exact) mass is 364 g/mol. The summed E-state index contributed by atoms with van der Waals surface area (Å²) in [6, 6.07) is 4.71. The lowest BCUT2D eigenvalue weighted by atomic mass is 9.77. The van der Waals surface area contributed by atoms with E-state index >= 15 is 0 Å². The van der Waals surface area contributed by atoms with Crippen molar-refractivity contribution < 1.29 is 13.7 Å². The Kier molecular flexibility index (Phi) is 4.50. The molecule has 1 aromatic carbocycles. The quantitative estimate of drug-likeness (QED) is 0.780. The number of nitrogens with zero attached hydrogens (tertiary/aromatic N) is 2. The molecule has 0 bridgehead atoms. The Labute approximate surface area is 153 Å². The predicted molar refractivity (Wildman–Crippen MR) is 97.9 cm³/mol. The maximum absolute atomic E-state index is 13.3. The van der Waals surface area contributed by atoms with Gasteiger partial charge < -0.3 is 9.31 Å². The van der Waals surface area contributed by atoms with E-state index in [4.69, 9.17) is 20.9 Å². The highest BCUT2D eigenvalue weighted by Crippen LogP contribution is 2.37. The molecule has 0 unspecified atom stereocenters. The van der Waals surface area contributed by atoms with Gasteiger partial charge in [-0.2, -0.15) is 5.10 Å². The Morgan fingerprint density at radius 3 is 2.32 bits per heavy atom. The van der Waals surface area contributed by atoms with Gasteiger partial charge in [-0.15, -0.1) is 0 Å². The van der Waals surface area contributed by atoms with Crippen molar-refractivity contribution in [2.75, 3.05) is 0 Å².